The average molecular weight is 133 g/mol. The van der Waals surface area contributed by atoms with Crippen LogP contribution in [0.2, 0.25) is 6.82 Å². The lowest BCUT2D eigenvalue weighted by Gasteiger charge is -1.87. The largest absolute Gasteiger partial charge is 0.468 e. The number of aromatic nitrogens is 2. The van der Waals surface area contributed by atoms with Crippen LogP contribution in [0.3, 0.4) is 0 Å². The van der Waals surface area contributed by atoms with E-state index in [9.17, 15) is 0 Å². The van der Waals surface area contributed by atoms with Gasteiger partial charge in [0.2, 0.25) is 0 Å². The van der Waals surface area contributed by atoms with Crippen molar-refractivity contribution in [3.8, 4) is 6.01 Å². The highest BCUT2D eigenvalue weighted by atomic mass is 16.5. The van der Waals surface area contributed by atoms with Crippen LogP contribution in [-0.2, 0) is 0 Å². The Hall–Kier alpha value is -0.860. The molecule has 1 N–H and O–H groups in total. The van der Waals surface area contributed by atoms with Crippen LogP contribution in [0, 0.1) is 0 Å². The van der Waals surface area contributed by atoms with E-state index in [0.717, 1.165) is 5.59 Å². The fourth-order valence-corrected chi connectivity index (χ4v) is 0.694. The Morgan fingerprint density at radius 1 is 1.70 bits per heavy atom. The van der Waals surface area contributed by atoms with Gasteiger partial charge >= 0.3 is 0 Å². The van der Waals surface area contributed by atoms with Gasteiger partial charge in [-0.3, -0.25) is 0 Å². The monoisotopic (exact) mass is 133 g/mol. The Balaban J connectivity index is 2.92. The molecule has 49 valence electrons. The number of nitrogens with one attached hydrogen (secondary N) is 1. The Kier molecular flexibility index (Phi) is 2.04. The Morgan fingerprint density at radius 2 is 2.40 bits per heavy atom. The number of ether oxygens (including phenoxy) is 1. The topological polar surface area (TPSA) is 37.9 Å². The molecular weight excluding hydrogens is 126 g/mol. The third-order valence-corrected chi connectivity index (χ3v) is 1.21. The zero-order valence-electron chi connectivity index (χ0n) is 6.01. The first-order valence-electron chi connectivity index (χ1n) is 2.96. The number of hydrogen-bond acceptors (Lipinski definition) is 2. The molecule has 0 bridgehead atoms. The van der Waals surface area contributed by atoms with Gasteiger partial charge in [0.1, 0.15) is 7.85 Å². The van der Waals surface area contributed by atoms with Crippen LogP contribution in [-0.4, -0.2) is 32.2 Å². The third-order valence-electron chi connectivity index (χ3n) is 1.21. The lowest BCUT2D eigenvalue weighted by Crippen LogP contribution is -2.29. The smallest absolute Gasteiger partial charge is 0.292 e. The van der Waals surface area contributed by atoms with E-state index in [0.29, 0.717) is 11.6 Å². The summed E-state index contributed by atoms with van der Waals surface area (Å²) in [6.45, 7) is 1.87. The number of nitrogens with zero attached hydrogens (tertiary/aromatic N) is 1. The molecule has 0 atom stereocenters. The van der Waals surface area contributed by atoms with Crippen molar-refractivity contribution >= 4 is 26.3 Å². The quantitative estimate of drug-likeness (QED) is 0.503. The minimum absolute atomic E-state index is 0.450. The average Bonchev–Trinajstić information content (AvgIpc) is 2.30. The minimum Gasteiger partial charge on any atom is -0.468 e. The summed E-state index contributed by atoms with van der Waals surface area (Å²) in [5.74, 6) is 0. The molecule has 0 aromatic carbocycles. The van der Waals surface area contributed by atoms with E-state index in [-0.39, 0.29) is 0 Å². The van der Waals surface area contributed by atoms with Crippen molar-refractivity contribution in [2.45, 2.75) is 6.82 Å². The summed E-state index contributed by atoms with van der Waals surface area (Å²) in [4.78, 5) is 6.75. The Morgan fingerprint density at radius 3 is 2.70 bits per heavy atom. The molecular formula is C5H7B2N2O. The summed E-state index contributed by atoms with van der Waals surface area (Å²) in [5, 5.41) is 0. The molecule has 5 heteroatoms. The molecule has 0 fully saturated rings. The third kappa shape index (κ3) is 1.17. The molecule has 0 unspecified atom stereocenters. The maximum atomic E-state index is 5.50. The molecule has 0 amide bonds. The molecule has 0 aliphatic rings. The van der Waals surface area contributed by atoms with Crippen LogP contribution in [0.5, 0.6) is 6.01 Å². The first-order valence-corrected chi connectivity index (χ1v) is 2.96. The summed E-state index contributed by atoms with van der Waals surface area (Å²) in [5.41, 5.74) is 1.27. The first kappa shape index (κ1) is 7.25. The number of H-pyrrole nitrogens is 1. The maximum Gasteiger partial charge on any atom is 0.292 e. The summed E-state index contributed by atoms with van der Waals surface area (Å²) < 4.78 is 4.81. The lowest BCUT2D eigenvalue weighted by atomic mass is 9.73. The van der Waals surface area contributed by atoms with Crippen molar-refractivity contribution in [1.82, 2.24) is 9.97 Å². The number of aromatic amines is 1. The summed E-state index contributed by atoms with van der Waals surface area (Å²) in [7, 11) is 8.85. The molecule has 3 radical (unpaired) electrons. The molecule has 0 spiro atoms. The van der Waals surface area contributed by atoms with E-state index in [1.807, 2.05) is 14.1 Å². The van der Waals surface area contributed by atoms with Gasteiger partial charge in [-0.05, 0) is 5.59 Å². The summed E-state index contributed by atoms with van der Waals surface area (Å²) in [6.07, 6.45) is 0. The van der Waals surface area contributed by atoms with Gasteiger partial charge < -0.3 is 9.72 Å². The molecule has 10 heavy (non-hydrogen) atoms. The molecule has 0 aliphatic carbocycles. The van der Waals surface area contributed by atoms with Crippen LogP contribution in [0.25, 0.3) is 0 Å². The van der Waals surface area contributed by atoms with Gasteiger partial charge in [0.05, 0.1) is 7.11 Å². The van der Waals surface area contributed by atoms with Crippen LogP contribution in [0.1, 0.15) is 0 Å². The fraction of sp³-hybridized carbons (Fsp3) is 0.400. The number of imidazole rings is 1. The molecule has 1 rings (SSSR count). The van der Waals surface area contributed by atoms with Crippen LogP contribution >= 0.6 is 0 Å². The van der Waals surface area contributed by atoms with E-state index >= 15 is 0 Å². The number of methoxy groups -OCH3 is 1. The van der Waals surface area contributed by atoms with E-state index in [1.165, 1.54) is 7.11 Å². The lowest BCUT2D eigenvalue weighted by molar-refractivity contribution is 0.385. The zero-order chi connectivity index (χ0) is 7.56. The van der Waals surface area contributed by atoms with Gasteiger partial charge in [-0.15, -0.1) is 0 Å². The summed E-state index contributed by atoms with van der Waals surface area (Å²) >= 11 is 0. The van der Waals surface area contributed by atoms with Crippen molar-refractivity contribution in [2.75, 3.05) is 7.11 Å². The van der Waals surface area contributed by atoms with Gasteiger partial charge in [-0.25, -0.2) is 4.98 Å². The summed E-state index contributed by atoms with van der Waals surface area (Å²) in [6, 6.07) is 0.450. The second-order valence-corrected chi connectivity index (χ2v) is 1.83. The zero-order valence-corrected chi connectivity index (χ0v) is 6.01. The van der Waals surface area contributed by atoms with E-state index < -0.39 is 0 Å². The molecule has 0 saturated heterocycles. The standard InChI is InChI=1S/C5H7B2N2O/c1-7-4-3(6)8-5(9-4)10-2/h1-2H3,(H,8,9). The molecule has 1 aromatic heterocycles. The van der Waals surface area contributed by atoms with Gasteiger partial charge in [0.25, 0.3) is 6.01 Å². The van der Waals surface area contributed by atoms with Crippen molar-refractivity contribution in [3.05, 3.63) is 0 Å². The first-order chi connectivity index (χ1) is 4.77. The van der Waals surface area contributed by atoms with E-state index in [4.69, 9.17) is 12.6 Å². The normalized spacial score (nSPS) is 9.40. The highest BCUT2D eigenvalue weighted by molar-refractivity contribution is 6.58. The number of rotatable bonds is 2. The molecule has 0 aliphatic heterocycles. The van der Waals surface area contributed by atoms with Gasteiger partial charge in [0, 0.05) is 5.59 Å². The van der Waals surface area contributed by atoms with Crippen molar-refractivity contribution < 1.29 is 4.74 Å². The van der Waals surface area contributed by atoms with Gasteiger partial charge in [0.15, 0.2) is 7.28 Å². The molecule has 0 saturated carbocycles. The number of hydrogen-bond donors (Lipinski definition) is 1. The highest BCUT2D eigenvalue weighted by Crippen LogP contribution is 1.91. The SMILES string of the molecule is [B]c1[nH]c(OC)nc1[B]C. The Labute approximate surface area is 61.8 Å². The van der Waals surface area contributed by atoms with Crippen LogP contribution < -0.4 is 15.9 Å². The van der Waals surface area contributed by atoms with E-state index in [2.05, 4.69) is 9.97 Å². The van der Waals surface area contributed by atoms with Crippen LogP contribution in [0.15, 0.2) is 0 Å². The molecule has 1 heterocycles. The van der Waals surface area contributed by atoms with Crippen molar-refractivity contribution in [1.29, 1.82) is 0 Å². The predicted molar refractivity (Wildman–Crippen MR) is 41.8 cm³/mol. The second-order valence-electron chi connectivity index (χ2n) is 1.83. The van der Waals surface area contributed by atoms with Crippen LogP contribution in [0.4, 0.5) is 0 Å². The van der Waals surface area contributed by atoms with Gasteiger partial charge in [-0.1, -0.05) is 6.82 Å². The van der Waals surface area contributed by atoms with Gasteiger partial charge in [-0.2, -0.15) is 0 Å². The fourth-order valence-electron chi connectivity index (χ4n) is 0.694. The maximum absolute atomic E-state index is 5.50. The minimum atomic E-state index is 0.450. The van der Waals surface area contributed by atoms with E-state index in [1.54, 1.807) is 0 Å². The van der Waals surface area contributed by atoms with Crippen molar-refractivity contribution in [3.63, 3.8) is 0 Å². The molecule has 3 nitrogen and oxygen atoms in total. The Bertz CT molecular complexity index is 223. The highest BCUT2D eigenvalue weighted by Gasteiger charge is 2.02. The predicted octanol–water partition coefficient (Wildman–Crippen LogP) is -1.41. The molecule has 1 aromatic rings. The van der Waals surface area contributed by atoms with Crippen molar-refractivity contribution in [2.24, 2.45) is 0 Å². The second kappa shape index (κ2) is 2.82.